The number of fused-ring (bicyclic) bond motifs is 1. The van der Waals surface area contributed by atoms with E-state index in [1.807, 2.05) is 27.0 Å². The Morgan fingerprint density at radius 3 is 2.77 bits per heavy atom. The summed E-state index contributed by atoms with van der Waals surface area (Å²) in [6.07, 6.45) is 0.994. The number of anilines is 2. The standard InChI is InChI=1S/C17H22N4O/c1-11-9-14-7-5-6-8-15(14)21(11)10-16(22)18-17-12(2)19-20(4)13(17)3/h5-8,11H,9-10H2,1-4H3,(H,18,22). The number of hydrogen-bond donors (Lipinski definition) is 1. The Balaban J connectivity index is 1.75. The molecule has 0 fully saturated rings. The van der Waals surface area contributed by atoms with E-state index in [1.54, 1.807) is 4.68 Å². The van der Waals surface area contributed by atoms with Crippen LogP contribution in [0.5, 0.6) is 0 Å². The number of carbonyl (C=O) groups is 1. The molecule has 1 aliphatic heterocycles. The molecule has 1 atom stereocenters. The molecule has 1 unspecified atom stereocenters. The zero-order valence-corrected chi connectivity index (χ0v) is 13.6. The van der Waals surface area contributed by atoms with Crippen LogP contribution in [0.4, 0.5) is 11.4 Å². The second-order valence-corrected chi connectivity index (χ2v) is 6.03. The molecule has 0 spiro atoms. The van der Waals surface area contributed by atoms with Gasteiger partial charge in [0.05, 0.1) is 23.6 Å². The SMILES string of the molecule is Cc1nn(C)c(C)c1NC(=O)CN1c2ccccc2CC1C. The van der Waals surface area contributed by atoms with Crippen molar-refractivity contribution in [3.63, 3.8) is 0 Å². The molecule has 0 saturated carbocycles. The molecule has 1 aromatic carbocycles. The van der Waals surface area contributed by atoms with Crippen LogP contribution in [0.15, 0.2) is 24.3 Å². The minimum atomic E-state index is 0.00255. The van der Waals surface area contributed by atoms with Crippen LogP contribution in [0.3, 0.4) is 0 Å². The monoisotopic (exact) mass is 298 g/mol. The van der Waals surface area contributed by atoms with E-state index in [0.29, 0.717) is 12.6 Å². The smallest absolute Gasteiger partial charge is 0.244 e. The zero-order valence-electron chi connectivity index (χ0n) is 13.6. The van der Waals surface area contributed by atoms with Crippen molar-refractivity contribution in [1.29, 1.82) is 0 Å². The summed E-state index contributed by atoms with van der Waals surface area (Å²) in [5, 5.41) is 7.35. The number of benzene rings is 1. The highest BCUT2D eigenvalue weighted by Crippen LogP contribution is 2.31. The van der Waals surface area contributed by atoms with Gasteiger partial charge in [-0.15, -0.1) is 0 Å². The first-order chi connectivity index (χ1) is 10.5. The quantitative estimate of drug-likeness (QED) is 0.947. The number of nitrogens with one attached hydrogen (secondary N) is 1. The van der Waals surface area contributed by atoms with Crippen LogP contribution in [-0.2, 0) is 18.3 Å². The van der Waals surface area contributed by atoms with Crippen molar-refractivity contribution in [3.05, 3.63) is 41.2 Å². The van der Waals surface area contributed by atoms with E-state index in [9.17, 15) is 4.79 Å². The summed E-state index contributed by atoms with van der Waals surface area (Å²) in [6.45, 7) is 6.40. The first-order valence-electron chi connectivity index (χ1n) is 7.62. The number of aromatic nitrogens is 2. The molecule has 0 saturated heterocycles. The first kappa shape index (κ1) is 14.6. The summed E-state index contributed by atoms with van der Waals surface area (Å²) >= 11 is 0. The van der Waals surface area contributed by atoms with Gasteiger partial charge in [-0.25, -0.2) is 0 Å². The van der Waals surface area contributed by atoms with Gasteiger partial charge in [-0.1, -0.05) is 18.2 Å². The fourth-order valence-corrected chi connectivity index (χ4v) is 3.16. The summed E-state index contributed by atoms with van der Waals surface area (Å²) in [5.74, 6) is 0.00255. The lowest BCUT2D eigenvalue weighted by molar-refractivity contribution is -0.115. The van der Waals surface area contributed by atoms with E-state index in [1.165, 1.54) is 11.3 Å². The minimum absolute atomic E-state index is 0.00255. The van der Waals surface area contributed by atoms with Crippen LogP contribution in [0.1, 0.15) is 23.9 Å². The van der Waals surface area contributed by atoms with E-state index in [4.69, 9.17) is 0 Å². The number of hydrogen-bond acceptors (Lipinski definition) is 3. The van der Waals surface area contributed by atoms with Crippen molar-refractivity contribution in [2.75, 3.05) is 16.8 Å². The molecule has 3 rings (SSSR count). The summed E-state index contributed by atoms with van der Waals surface area (Å²) in [6, 6.07) is 8.65. The van der Waals surface area contributed by atoms with Crippen molar-refractivity contribution >= 4 is 17.3 Å². The van der Waals surface area contributed by atoms with E-state index in [0.717, 1.165) is 23.5 Å². The summed E-state index contributed by atoms with van der Waals surface area (Å²) in [5.41, 5.74) is 5.14. The molecular weight excluding hydrogens is 276 g/mol. The van der Waals surface area contributed by atoms with Gasteiger partial charge in [-0.05, 0) is 38.8 Å². The van der Waals surface area contributed by atoms with E-state index >= 15 is 0 Å². The topological polar surface area (TPSA) is 50.2 Å². The maximum atomic E-state index is 12.4. The van der Waals surface area contributed by atoms with Crippen molar-refractivity contribution in [3.8, 4) is 0 Å². The predicted octanol–water partition coefficient (Wildman–Crippen LogP) is 2.43. The van der Waals surface area contributed by atoms with E-state index in [2.05, 4.69) is 40.4 Å². The van der Waals surface area contributed by atoms with Crippen molar-refractivity contribution in [1.82, 2.24) is 9.78 Å². The van der Waals surface area contributed by atoms with Gasteiger partial charge in [0.2, 0.25) is 5.91 Å². The van der Waals surface area contributed by atoms with Gasteiger partial charge < -0.3 is 10.2 Å². The van der Waals surface area contributed by atoms with Gasteiger partial charge in [-0.3, -0.25) is 9.48 Å². The number of aryl methyl sites for hydroxylation is 2. The third-order valence-corrected chi connectivity index (χ3v) is 4.44. The van der Waals surface area contributed by atoms with Gasteiger partial charge in [0.25, 0.3) is 0 Å². The van der Waals surface area contributed by atoms with Crippen LogP contribution >= 0.6 is 0 Å². The Morgan fingerprint density at radius 2 is 2.09 bits per heavy atom. The molecule has 0 aliphatic carbocycles. The summed E-state index contributed by atoms with van der Waals surface area (Å²) in [4.78, 5) is 14.6. The second kappa shape index (κ2) is 5.48. The van der Waals surface area contributed by atoms with E-state index < -0.39 is 0 Å². The fraction of sp³-hybridized carbons (Fsp3) is 0.412. The van der Waals surface area contributed by atoms with Crippen LogP contribution in [0, 0.1) is 13.8 Å². The second-order valence-electron chi connectivity index (χ2n) is 6.03. The number of rotatable bonds is 3. The Kier molecular flexibility index (Phi) is 3.64. The van der Waals surface area contributed by atoms with Gasteiger partial charge >= 0.3 is 0 Å². The third kappa shape index (κ3) is 2.47. The van der Waals surface area contributed by atoms with Gasteiger partial charge in [0, 0.05) is 18.8 Å². The lowest BCUT2D eigenvalue weighted by atomic mass is 10.1. The first-order valence-corrected chi connectivity index (χ1v) is 7.62. The number of carbonyl (C=O) groups excluding carboxylic acids is 1. The highest BCUT2D eigenvalue weighted by molar-refractivity contribution is 5.95. The molecule has 0 radical (unpaired) electrons. The Labute approximate surface area is 130 Å². The minimum Gasteiger partial charge on any atom is -0.359 e. The molecule has 1 aliphatic rings. The van der Waals surface area contributed by atoms with Crippen LogP contribution in [-0.4, -0.2) is 28.3 Å². The summed E-state index contributed by atoms with van der Waals surface area (Å²) < 4.78 is 1.79. The molecule has 1 N–H and O–H groups in total. The third-order valence-electron chi connectivity index (χ3n) is 4.44. The van der Waals surface area contributed by atoms with Gasteiger partial charge in [-0.2, -0.15) is 5.10 Å². The molecule has 1 aromatic heterocycles. The lowest BCUT2D eigenvalue weighted by Crippen LogP contribution is -2.37. The predicted molar refractivity (Wildman–Crippen MR) is 88.3 cm³/mol. The molecule has 5 heteroatoms. The molecule has 1 amide bonds. The fourth-order valence-electron chi connectivity index (χ4n) is 3.16. The molecule has 116 valence electrons. The van der Waals surface area contributed by atoms with Crippen LogP contribution < -0.4 is 10.2 Å². The normalized spacial score (nSPS) is 16.7. The maximum absolute atomic E-state index is 12.4. The van der Waals surface area contributed by atoms with Crippen molar-refractivity contribution in [2.24, 2.45) is 7.05 Å². The highest BCUT2D eigenvalue weighted by Gasteiger charge is 2.27. The largest absolute Gasteiger partial charge is 0.359 e. The highest BCUT2D eigenvalue weighted by atomic mass is 16.2. The average molecular weight is 298 g/mol. The Hall–Kier alpha value is -2.30. The molecule has 22 heavy (non-hydrogen) atoms. The van der Waals surface area contributed by atoms with Crippen molar-refractivity contribution in [2.45, 2.75) is 33.2 Å². The number of para-hydroxylation sites is 1. The van der Waals surface area contributed by atoms with Gasteiger partial charge in [0.15, 0.2) is 0 Å². The Morgan fingerprint density at radius 1 is 1.36 bits per heavy atom. The number of amides is 1. The summed E-state index contributed by atoms with van der Waals surface area (Å²) in [7, 11) is 1.89. The Bertz CT molecular complexity index is 719. The van der Waals surface area contributed by atoms with Gasteiger partial charge in [0.1, 0.15) is 0 Å². The molecule has 2 heterocycles. The maximum Gasteiger partial charge on any atom is 0.244 e. The molecule has 2 aromatic rings. The average Bonchev–Trinajstić information content (AvgIpc) is 2.91. The molecule has 0 bridgehead atoms. The van der Waals surface area contributed by atoms with E-state index in [-0.39, 0.29) is 5.91 Å². The zero-order chi connectivity index (χ0) is 15.9. The number of nitrogens with zero attached hydrogens (tertiary/aromatic N) is 3. The molecule has 5 nitrogen and oxygen atoms in total. The van der Waals surface area contributed by atoms with Crippen molar-refractivity contribution < 1.29 is 4.79 Å². The molecular formula is C17H22N4O. The lowest BCUT2D eigenvalue weighted by Gasteiger charge is -2.24. The van der Waals surface area contributed by atoms with Crippen LogP contribution in [0.2, 0.25) is 0 Å². The van der Waals surface area contributed by atoms with Crippen LogP contribution in [0.25, 0.3) is 0 Å².